The minimum Gasteiger partial charge on any atom is -0.470 e. The fourth-order valence-corrected chi connectivity index (χ4v) is 0.873. The number of nitrogens with one attached hydrogen (secondary N) is 1. The van der Waals surface area contributed by atoms with Crippen molar-refractivity contribution in [2.45, 2.75) is 0 Å². The molecule has 0 saturated carbocycles. The number of nitrogens with zero attached hydrogens (tertiary/aromatic N) is 2. The standard InChI is InChI=1S/C6H5N3O/c7-4-9-6-3-10-2-5(6)1-8-9/h1-4,7H. The lowest BCUT2D eigenvalue weighted by Gasteiger charge is -1.84. The highest BCUT2D eigenvalue weighted by Gasteiger charge is 2.00. The number of aromatic nitrogens is 2. The van der Waals surface area contributed by atoms with Crippen LogP contribution in [-0.4, -0.2) is 16.1 Å². The van der Waals surface area contributed by atoms with E-state index in [1.54, 1.807) is 18.7 Å². The van der Waals surface area contributed by atoms with Crippen molar-refractivity contribution in [2.24, 2.45) is 0 Å². The van der Waals surface area contributed by atoms with Gasteiger partial charge in [-0.1, -0.05) is 0 Å². The van der Waals surface area contributed by atoms with E-state index >= 15 is 0 Å². The van der Waals surface area contributed by atoms with Crippen molar-refractivity contribution in [3.8, 4) is 0 Å². The van der Waals surface area contributed by atoms with Gasteiger partial charge in [0.05, 0.1) is 11.6 Å². The zero-order valence-electron chi connectivity index (χ0n) is 5.11. The Hall–Kier alpha value is -1.58. The third-order valence-electron chi connectivity index (χ3n) is 1.36. The molecule has 0 aliphatic carbocycles. The monoisotopic (exact) mass is 135 g/mol. The summed E-state index contributed by atoms with van der Waals surface area (Å²) in [6, 6.07) is 0. The first-order valence-electron chi connectivity index (χ1n) is 2.82. The Balaban J connectivity index is 2.88. The molecule has 0 aliphatic heterocycles. The molecule has 2 heterocycles. The molecule has 0 spiro atoms. The van der Waals surface area contributed by atoms with Gasteiger partial charge in [-0.3, -0.25) is 5.41 Å². The highest BCUT2D eigenvalue weighted by atomic mass is 16.3. The summed E-state index contributed by atoms with van der Waals surface area (Å²) in [6.07, 6.45) is 5.96. The van der Waals surface area contributed by atoms with Gasteiger partial charge in [-0.2, -0.15) is 5.10 Å². The Morgan fingerprint density at radius 1 is 1.60 bits per heavy atom. The van der Waals surface area contributed by atoms with Gasteiger partial charge in [-0.15, -0.1) is 0 Å². The SMILES string of the molecule is N=Cn1ncc2cocc21. The topological polar surface area (TPSA) is 54.8 Å². The third kappa shape index (κ3) is 0.500. The highest BCUT2D eigenvalue weighted by Crippen LogP contribution is 2.11. The van der Waals surface area contributed by atoms with Crippen molar-refractivity contribution in [3.05, 3.63) is 18.7 Å². The molecule has 0 aliphatic rings. The van der Waals surface area contributed by atoms with Gasteiger partial charge in [0.2, 0.25) is 0 Å². The van der Waals surface area contributed by atoms with Crippen LogP contribution in [0.5, 0.6) is 0 Å². The molecular formula is C6H5N3O. The van der Waals surface area contributed by atoms with Gasteiger partial charge < -0.3 is 4.42 Å². The van der Waals surface area contributed by atoms with Gasteiger partial charge in [-0.05, 0) is 0 Å². The van der Waals surface area contributed by atoms with Crippen LogP contribution in [0.2, 0.25) is 0 Å². The van der Waals surface area contributed by atoms with Crippen LogP contribution in [0.4, 0.5) is 0 Å². The Morgan fingerprint density at radius 3 is 3.30 bits per heavy atom. The summed E-state index contributed by atoms with van der Waals surface area (Å²) in [6.45, 7) is 0. The molecule has 0 amide bonds. The number of hydrogen-bond donors (Lipinski definition) is 1. The first-order chi connectivity index (χ1) is 4.92. The fraction of sp³-hybridized carbons (Fsp3) is 0. The highest BCUT2D eigenvalue weighted by molar-refractivity contribution is 5.82. The normalized spacial score (nSPS) is 10.4. The fourth-order valence-electron chi connectivity index (χ4n) is 0.873. The van der Waals surface area contributed by atoms with E-state index in [0.29, 0.717) is 0 Å². The maximum atomic E-state index is 6.92. The van der Waals surface area contributed by atoms with E-state index in [-0.39, 0.29) is 0 Å². The summed E-state index contributed by atoms with van der Waals surface area (Å²) in [7, 11) is 0. The molecule has 0 fully saturated rings. The summed E-state index contributed by atoms with van der Waals surface area (Å²) in [5.74, 6) is 0. The predicted molar refractivity (Wildman–Crippen MR) is 36.2 cm³/mol. The first kappa shape index (κ1) is 5.22. The number of rotatable bonds is 1. The molecule has 2 aromatic rings. The van der Waals surface area contributed by atoms with Crippen molar-refractivity contribution in [3.63, 3.8) is 0 Å². The molecule has 0 unspecified atom stereocenters. The minimum absolute atomic E-state index is 0.829. The lowest BCUT2D eigenvalue weighted by Crippen LogP contribution is -1.93. The van der Waals surface area contributed by atoms with E-state index in [2.05, 4.69) is 5.10 Å². The molecule has 1 N–H and O–H groups in total. The lowest BCUT2D eigenvalue weighted by molar-refractivity contribution is 0.570. The van der Waals surface area contributed by atoms with E-state index in [4.69, 9.17) is 9.83 Å². The Labute approximate surface area is 56.6 Å². The maximum absolute atomic E-state index is 6.92. The second-order valence-electron chi connectivity index (χ2n) is 1.93. The number of hydrogen-bond acceptors (Lipinski definition) is 3. The molecule has 2 aromatic heterocycles. The van der Waals surface area contributed by atoms with Crippen molar-refractivity contribution >= 4 is 17.2 Å². The van der Waals surface area contributed by atoms with E-state index in [1.807, 2.05) is 0 Å². The molecule has 0 bridgehead atoms. The average molecular weight is 135 g/mol. The summed E-state index contributed by atoms with van der Waals surface area (Å²) >= 11 is 0. The summed E-state index contributed by atoms with van der Waals surface area (Å²) in [4.78, 5) is 0. The van der Waals surface area contributed by atoms with Crippen LogP contribution in [0.3, 0.4) is 0 Å². The Kier molecular flexibility index (Phi) is 0.887. The molecule has 10 heavy (non-hydrogen) atoms. The van der Waals surface area contributed by atoms with E-state index in [9.17, 15) is 0 Å². The van der Waals surface area contributed by atoms with Crippen molar-refractivity contribution < 1.29 is 4.42 Å². The van der Waals surface area contributed by atoms with E-state index in [1.165, 1.54) is 4.68 Å². The average Bonchev–Trinajstić information content (AvgIpc) is 2.44. The summed E-state index contributed by atoms with van der Waals surface area (Å²) in [5.41, 5.74) is 0.829. The van der Waals surface area contributed by atoms with Crippen LogP contribution in [0.1, 0.15) is 0 Å². The van der Waals surface area contributed by atoms with Gasteiger partial charge in [-0.25, -0.2) is 4.68 Å². The molecule has 0 saturated heterocycles. The van der Waals surface area contributed by atoms with Crippen LogP contribution >= 0.6 is 0 Å². The van der Waals surface area contributed by atoms with Crippen LogP contribution in [0.25, 0.3) is 10.9 Å². The van der Waals surface area contributed by atoms with Crippen molar-refractivity contribution in [1.29, 1.82) is 5.41 Å². The molecule has 4 nitrogen and oxygen atoms in total. The zero-order chi connectivity index (χ0) is 6.97. The van der Waals surface area contributed by atoms with Gasteiger partial charge in [0.15, 0.2) is 0 Å². The quantitative estimate of drug-likeness (QED) is 0.470. The summed E-state index contributed by atoms with van der Waals surface area (Å²) < 4.78 is 6.33. The number of furan rings is 1. The van der Waals surface area contributed by atoms with Crippen LogP contribution in [0, 0.1) is 5.41 Å². The zero-order valence-corrected chi connectivity index (χ0v) is 5.11. The second-order valence-corrected chi connectivity index (χ2v) is 1.93. The van der Waals surface area contributed by atoms with Crippen LogP contribution in [0.15, 0.2) is 23.1 Å². The lowest BCUT2D eigenvalue weighted by atomic mass is 10.4. The van der Waals surface area contributed by atoms with Gasteiger partial charge in [0.1, 0.15) is 24.4 Å². The number of fused-ring (bicyclic) bond motifs is 1. The summed E-state index contributed by atoms with van der Waals surface area (Å²) in [5, 5.41) is 11.7. The smallest absolute Gasteiger partial charge is 0.117 e. The molecule has 0 aromatic carbocycles. The van der Waals surface area contributed by atoms with Gasteiger partial charge in [0, 0.05) is 0 Å². The van der Waals surface area contributed by atoms with Crippen LogP contribution < -0.4 is 0 Å². The van der Waals surface area contributed by atoms with Gasteiger partial charge in [0.25, 0.3) is 0 Å². The Morgan fingerprint density at radius 2 is 2.50 bits per heavy atom. The maximum Gasteiger partial charge on any atom is 0.117 e. The molecule has 0 atom stereocenters. The van der Waals surface area contributed by atoms with Crippen molar-refractivity contribution in [2.75, 3.05) is 0 Å². The van der Waals surface area contributed by atoms with Gasteiger partial charge >= 0.3 is 0 Å². The van der Waals surface area contributed by atoms with Crippen molar-refractivity contribution in [1.82, 2.24) is 9.78 Å². The molecule has 50 valence electrons. The van der Waals surface area contributed by atoms with E-state index in [0.717, 1.165) is 17.2 Å². The molecular weight excluding hydrogens is 130 g/mol. The molecule has 4 heteroatoms. The second kappa shape index (κ2) is 1.70. The Bertz CT molecular complexity index is 360. The van der Waals surface area contributed by atoms with E-state index < -0.39 is 0 Å². The first-order valence-corrected chi connectivity index (χ1v) is 2.82. The predicted octanol–water partition coefficient (Wildman–Crippen LogP) is 1.08. The third-order valence-corrected chi connectivity index (χ3v) is 1.36. The minimum atomic E-state index is 0.829. The largest absolute Gasteiger partial charge is 0.470 e. The molecule has 0 radical (unpaired) electrons. The van der Waals surface area contributed by atoms with Crippen LogP contribution in [-0.2, 0) is 0 Å². The molecule has 2 rings (SSSR count).